The molecule has 1 unspecified atom stereocenters. The first-order valence-electron chi connectivity index (χ1n) is 11.4. The molecule has 1 amide bonds. The Morgan fingerprint density at radius 3 is 2.06 bits per heavy atom. The van der Waals surface area contributed by atoms with Crippen LogP contribution in [0.4, 0.5) is 4.79 Å². The van der Waals surface area contributed by atoms with Crippen molar-refractivity contribution in [3.8, 4) is 16.9 Å². The summed E-state index contributed by atoms with van der Waals surface area (Å²) >= 11 is 0. The summed E-state index contributed by atoms with van der Waals surface area (Å²) in [6, 6.07) is 22.4. The van der Waals surface area contributed by atoms with Crippen molar-refractivity contribution in [2.24, 2.45) is 0 Å². The Kier molecular flexibility index (Phi) is 7.59. The lowest BCUT2D eigenvalue weighted by Crippen LogP contribution is -2.31. The maximum atomic E-state index is 12.6. The number of hydrogen-bond donors (Lipinski definition) is 1. The van der Waals surface area contributed by atoms with Crippen LogP contribution in [0.2, 0.25) is 0 Å². The summed E-state index contributed by atoms with van der Waals surface area (Å²) in [5.41, 5.74) is 5.23. The van der Waals surface area contributed by atoms with E-state index in [9.17, 15) is 18.0 Å². The van der Waals surface area contributed by atoms with Crippen LogP contribution in [0.3, 0.4) is 0 Å². The number of esters is 1. The van der Waals surface area contributed by atoms with E-state index >= 15 is 0 Å². The van der Waals surface area contributed by atoms with E-state index in [1.165, 1.54) is 19.2 Å². The second-order valence-corrected chi connectivity index (χ2v) is 10.1. The Bertz CT molecular complexity index is 1310. The molecule has 0 radical (unpaired) electrons. The topological polar surface area (TPSA) is 108 Å². The van der Waals surface area contributed by atoms with Gasteiger partial charge in [0.2, 0.25) is 0 Å². The highest BCUT2D eigenvalue weighted by Crippen LogP contribution is 2.44. The van der Waals surface area contributed by atoms with Crippen LogP contribution in [0, 0.1) is 0 Å². The standard InChI is InChI=1S/C27H27NO7S/c1-33-26(29)15-19(18-11-13-20(14-12-18)35-36(2,31)32)16-28-27(30)34-17-25-23-9-5-3-7-21(23)22-8-4-6-10-24(22)25/h3-14,19,25H,15-17H2,1-2H3,(H,28,30). The molecule has 3 aromatic carbocycles. The fourth-order valence-electron chi connectivity index (χ4n) is 4.42. The number of rotatable bonds is 9. The number of amides is 1. The van der Waals surface area contributed by atoms with Crippen molar-refractivity contribution in [1.82, 2.24) is 5.32 Å². The molecule has 0 fully saturated rings. The SMILES string of the molecule is COC(=O)CC(CNC(=O)OCC1c2ccccc2-c2ccccc21)c1ccc(OS(C)(=O)=O)cc1. The van der Waals surface area contributed by atoms with Gasteiger partial charge in [-0.25, -0.2) is 4.79 Å². The number of alkyl carbamates (subject to hydrolysis) is 1. The Labute approximate surface area is 210 Å². The molecule has 4 rings (SSSR count). The van der Waals surface area contributed by atoms with Crippen molar-refractivity contribution in [2.45, 2.75) is 18.3 Å². The quantitative estimate of drug-likeness (QED) is 0.340. The molecule has 0 saturated carbocycles. The molecule has 1 atom stereocenters. The molecular formula is C27H27NO7S. The molecule has 1 aliphatic carbocycles. The molecular weight excluding hydrogens is 482 g/mol. The monoisotopic (exact) mass is 509 g/mol. The molecule has 0 bridgehead atoms. The molecule has 1 aliphatic rings. The number of methoxy groups -OCH3 is 1. The van der Waals surface area contributed by atoms with Crippen LogP contribution in [0.15, 0.2) is 72.8 Å². The third-order valence-corrected chi connectivity index (χ3v) is 6.57. The van der Waals surface area contributed by atoms with E-state index in [1.807, 2.05) is 36.4 Å². The molecule has 0 saturated heterocycles. The summed E-state index contributed by atoms with van der Waals surface area (Å²) in [6.07, 6.45) is 0.384. The lowest BCUT2D eigenvalue weighted by Gasteiger charge is -2.19. The summed E-state index contributed by atoms with van der Waals surface area (Å²) in [7, 11) is -2.36. The van der Waals surface area contributed by atoms with Crippen LogP contribution in [-0.2, 0) is 24.4 Å². The average Bonchev–Trinajstić information content (AvgIpc) is 3.18. The number of hydrogen-bond acceptors (Lipinski definition) is 7. The zero-order valence-corrected chi connectivity index (χ0v) is 20.8. The zero-order valence-electron chi connectivity index (χ0n) is 20.0. The van der Waals surface area contributed by atoms with Crippen molar-refractivity contribution >= 4 is 22.2 Å². The molecule has 9 heteroatoms. The molecule has 8 nitrogen and oxygen atoms in total. The summed E-state index contributed by atoms with van der Waals surface area (Å²) in [5.74, 6) is -0.755. The van der Waals surface area contributed by atoms with Crippen molar-refractivity contribution in [1.29, 1.82) is 0 Å². The third-order valence-electron chi connectivity index (χ3n) is 6.08. The van der Waals surface area contributed by atoms with Gasteiger partial charge in [-0.15, -0.1) is 0 Å². The van der Waals surface area contributed by atoms with Gasteiger partial charge in [0.1, 0.15) is 12.4 Å². The Balaban J connectivity index is 1.40. The molecule has 0 spiro atoms. The van der Waals surface area contributed by atoms with Crippen LogP contribution < -0.4 is 9.50 Å². The molecule has 36 heavy (non-hydrogen) atoms. The summed E-state index contributed by atoms with van der Waals surface area (Å²) < 4.78 is 37.9. The van der Waals surface area contributed by atoms with Gasteiger partial charge in [0.25, 0.3) is 0 Å². The molecule has 0 aliphatic heterocycles. The van der Waals surface area contributed by atoms with E-state index < -0.39 is 28.1 Å². The van der Waals surface area contributed by atoms with E-state index in [0.29, 0.717) is 5.56 Å². The van der Waals surface area contributed by atoms with Gasteiger partial charge in [0.15, 0.2) is 0 Å². The number of nitrogens with one attached hydrogen (secondary N) is 1. The minimum Gasteiger partial charge on any atom is -0.469 e. The fraction of sp³-hybridized carbons (Fsp3) is 0.259. The van der Waals surface area contributed by atoms with Crippen molar-refractivity contribution in [2.75, 3.05) is 26.5 Å². The fourth-order valence-corrected chi connectivity index (χ4v) is 4.88. The number of benzene rings is 3. The van der Waals surface area contributed by atoms with Gasteiger partial charge >= 0.3 is 22.2 Å². The minimum atomic E-state index is -3.65. The number of carbonyl (C=O) groups excluding carboxylic acids is 2. The van der Waals surface area contributed by atoms with Crippen LogP contribution in [0.1, 0.15) is 34.9 Å². The lowest BCUT2D eigenvalue weighted by atomic mass is 9.95. The molecule has 0 aromatic heterocycles. The van der Waals surface area contributed by atoms with Gasteiger partial charge in [-0.3, -0.25) is 4.79 Å². The van der Waals surface area contributed by atoms with Crippen LogP contribution in [0.25, 0.3) is 11.1 Å². The van der Waals surface area contributed by atoms with Gasteiger partial charge in [-0.2, -0.15) is 8.42 Å². The zero-order chi connectivity index (χ0) is 25.7. The van der Waals surface area contributed by atoms with E-state index in [2.05, 4.69) is 17.4 Å². The van der Waals surface area contributed by atoms with E-state index in [-0.39, 0.29) is 31.2 Å². The van der Waals surface area contributed by atoms with E-state index in [4.69, 9.17) is 13.7 Å². The highest BCUT2D eigenvalue weighted by atomic mass is 32.2. The predicted octanol–water partition coefficient (Wildman–Crippen LogP) is 4.21. The van der Waals surface area contributed by atoms with Crippen LogP contribution >= 0.6 is 0 Å². The largest absolute Gasteiger partial charge is 0.469 e. The normalized spacial score (nSPS) is 13.3. The van der Waals surface area contributed by atoms with Gasteiger partial charge in [-0.1, -0.05) is 60.7 Å². The maximum absolute atomic E-state index is 12.6. The van der Waals surface area contributed by atoms with Crippen molar-refractivity contribution in [3.63, 3.8) is 0 Å². The van der Waals surface area contributed by atoms with Crippen LogP contribution in [-0.4, -0.2) is 47.0 Å². The summed E-state index contributed by atoms with van der Waals surface area (Å²) in [6.45, 7) is 0.303. The predicted molar refractivity (Wildman–Crippen MR) is 134 cm³/mol. The van der Waals surface area contributed by atoms with Crippen LogP contribution in [0.5, 0.6) is 5.75 Å². The highest BCUT2D eigenvalue weighted by Gasteiger charge is 2.29. The lowest BCUT2D eigenvalue weighted by molar-refractivity contribution is -0.141. The smallest absolute Gasteiger partial charge is 0.407 e. The van der Waals surface area contributed by atoms with Gasteiger partial charge in [0.05, 0.1) is 19.8 Å². The first kappa shape index (κ1) is 25.2. The molecule has 0 heterocycles. The Morgan fingerprint density at radius 1 is 0.917 bits per heavy atom. The highest BCUT2D eigenvalue weighted by molar-refractivity contribution is 7.86. The number of ether oxygens (including phenoxy) is 2. The second-order valence-electron chi connectivity index (χ2n) is 8.54. The van der Waals surface area contributed by atoms with Gasteiger partial charge < -0.3 is 19.0 Å². The molecule has 188 valence electrons. The molecule has 1 N–H and O–H groups in total. The first-order valence-corrected chi connectivity index (χ1v) is 13.2. The molecule has 3 aromatic rings. The third kappa shape index (κ3) is 6.04. The average molecular weight is 510 g/mol. The van der Waals surface area contributed by atoms with E-state index in [1.54, 1.807) is 12.1 Å². The summed E-state index contributed by atoms with van der Waals surface area (Å²) in [4.78, 5) is 24.5. The number of carbonyl (C=O) groups is 2. The Morgan fingerprint density at radius 2 is 1.50 bits per heavy atom. The number of fused-ring (bicyclic) bond motifs is 3. The first-order chi connectivity index (χ1) is 17.2. The Hall–Kier alpha value is -3.85. The maximum Gasteiger partial charge on any atom is 0.407 e. The van der Waals surface area contributed by atoms with E-state index in [0.717, 1.165) is 28.5 Å². The van der Waals surface area contributed by atoms with Gasteiger partial charge in [0, 0.05) is 18.4 Å². The van der Waals surface area contributed by atoms with Crippen molar-refractivity contribution < 1.29 is 31.7 Å². The minimum absolute atomic E-state index is 0.0203. The summed E-state index contributed by atoms with van der Waals surface area (Å²) in [5, 5.41) is 2.74. The van der Waals surface area contributed by atoms with Crippen molar-refractivity contribution in [3.05, 3.63) is 89.5 Å². The van der Waals surface area contributed by atoms with Gasteiger partial charge in [-0.05, 0) is 39.9 Å². The second kappa shape index (κ2) is 10.8.